The Kier molecular flexibility index (Phi) is 4.80. The van der Waals surface area contributed by atoms with E-state index in [2.05, 4.69) is 20.6 Å². The summed E-state index contributed by atoms with van der Waals surface area (Å²) in [6.45, 7) is 1.97. The van der Waals surface area contributed by atoms with Crippen molar-refractivity contribution in [2.24, 2.45) is 10.7 Å². The van der Waals surface area contributed by atoms with Gasteiger partial charge in [0.1, 0.15) is 5.84 Å². The molecule has 3 rings (SSSR count). The fraction of sp³-hybridized carbons (Fsp3) is 0.0526. The highest BCUT2D eigenvalue weighted by Crippen LogP contribution is 2.17. The lowest BCUT2D eigenvalue weighted by atomic mass is 10.2. The number of aromatic nitrogens is 1. The molecule has 0 radical (unpaired) electrons. The number of hydrogen-bond donors (Lipinski definition) is 4. The van der Waals surface area contributed by atoms with E-state index >= 15 is 0 Å². The number of rotatable bonds is 4. The molecule has 25 heavy (non-hydrogen) atoms. The second-order valence-electron chi connectivity index (χ2n) is 5.58. The van der Waals surface area contributed by atoms with Gasteiger partial charge in [-0.3, -0.25) is 0 Å². The number of nitrogens with two attached hydrogens (primary N) is 1. The predicted octanol–water partition coefficient (Wildman–Crippen LogP) is 4.00. The molecule has 2 amide bonds. The van der Waals surface area contributed by atoms with E-state index < -0.39 is 0 Å². The first kappa shape index (κ1) is 16.3. The Hall–Kier alpha value is -3.54. The third-order valence-electron chi connectivity index (χ3n) is 3.52. The fourth-order valence-electron chi connectivity index (χ4n) is 2.32. The van der Waals surface area contributed by atoms with Crippen molar-refractivity contribution in [2.75, 3.05) is 10.6 Å². The molecule has 0 spiro atoms. The number of aryl methyl sites for hydroxylation is 1. The Morgan fingerprint density at radius 3 is 2.44 bits per heavy atom. The van der Waals surface area contributed by atoms with Crippen molar-refractivity contribution < 1.29 is 4.79 Å². The van der Waals surface area contributed by atoms with Crippen LogP contribution in [0.25, 0.3) is 0 Å². The SMILES string of the molecule is Cc1cccc(NC(=O)Nc2ccc(N=C(N)c3ccc[nH]3)cc2)c1. The van der Waals surface area contributed by atoms with Crippen molar-refractivity contribution in [3.05, 3.63) is 78.1 Å². The average molecular weight is 333 g/mol. The van der Waals surface area contributed by atoms with Crippen LogP contribution in [0.15, 0.2) is 71.9 Å². The zero-order valence-corrected chi connectivity index (χ0v) is 13.8. The van der Waals surface area contributed by atoms with Crippen LogP contribution in [0.4, 0.5) is 21.9 Å². The second kappa shape index (κ2) is 7.35. The van der Waals surface area contributed by atoms with Crippen LogP contribution in [0.5, 0.6) is 0 Å². The lowest BCUT2D eigenvalue weighted by Gasteiger charge is -2.08. The number of carbonyl (C=O) groups is 1. The number of amides is 2. The van der Waals surface area contributed by atoms with Gasteiger partial charge in [0, 0.05) is 17.6 Å². The normalized spacial score (nSPS) is 11.2. The Labute approximate surface area is 145 Å². The zero-order valence-electron chi connectivity index (χ0n) is 13.8. The van der Waals surface area contributed by atoms with Crippen LogP contribution in [0, 0.1) is 6.92 Å². The van der Waals surface area contributed by atoms with E-state index in [4.69, 9.17) is 5.73 Å². The molecule has 0 aliphatic carbocycles. The summed E-state index contributed by atoms with van der Waals surface area (Å²) in [6.07, 6.45) is 1.79. The number of nitrogens with one attached hydrogen (secondary N) is 3. The molecule has 0 fully saturated rings. The van der Waals surface area contributed by atoms with Gasteiger partial charge in [0.15, 0.2) is 0 Å². The number of anilines is 2. The maximum atomic E-state index is 12.0. The number of aromatic amines is 1. The number of nitrogens with zero attached hydrogens (tertiary/aromatic N) is 1. The van der Waals surface area contributed by atoms with Gasteiger partial charge in [0.05, 0.1) is 11.4 Å². The van der Waals surface area contributed by atoms with Gasteiger partial charge in [0.2, 0.25) is 0 Å². The van der Waals surface area contributed by atoms with Gasteiger partial charge < -0.3 is 21.4 Å². The second-order valence-corrected chi connectivity index (χ2v) is 5.58. The van der Waals surface area contributed by atoms with Gasteiger partial charge in [-0.1, -0.05) is 12.1 Å². The standard InChI is InChI=1S/C19H19N5O/c1-13-4-2-5-16(12-13)24-19(25)23-15-9-7-14(8-10-15)22-18(20)17-6-3-11-21-17/h2-12,21H,1H3,(H2,20,22)(H2,23,24,25). The van der Waals surface area contributed by atoms with Crippen molar-refractivity contribution in [1.82, 2.24) is 4.98 Å². The molecule has 6 nitrogen and oxygen atoms in total. The number of amidine groups is 1. The van der Waals surface area contributed by atoms with Crippen LogP contribution < -0.4 is 16.4 Å². The smallest absolute Gasteiger partial charge is 0.323 e. The zero-order chi connectivity index (χ0) is 17.6. The van der Waals surface area contributed by atoms with Gasteiger partial charge in [0.25, 0.3) is 0 Å². The first-order chi connectivity index (χ1) is 12.1. The summed E-state index contributed by atoms with van der Waals surface area (Å²) in [5.74, 6) is 0.405. The van der Waals surface area contributed by atoms with Crippen LogP contribution in [0.1, 0.15) is 11.3 Å². The maximum Gasteiger partial charge on any atom is 0.323 e. The highest BCUT2D eigenvalue weighted by Gasteiger charge is 2.03. The summed E-state index contributed by atoms with van der Waals surface area (Å²) in [6, 6.07) is 18.2. The van der Waals surface area contributed by atoms with Crippen LogP contribution in [0.3, 0.4) is 0 Å². The molecule has 0 bridgehead atoms. The van der Waals surface area contributed by atoms with Crippen molar-refractivity contribution in [1.29, 1.82) is 0 Å². The quantitative estimate of drug-likeness (QED) is 0.429. The van der Waals surface area contributed by atoms with Gasteiger partial charge in [-0.2, -0.15) is 0 Å². The first-order valence-corrected chi connectivity index (χ1v) is 7.83. The largest absolute Gasteiger partial charge is 0.382 e. The van der Waals surface area contributed by atoms with Crippen LogP contribution in [-0.2, 0) is 0 Å². The molecular weight excluding hydrogens is 314 g/mol. The van der Waals surface area contributed by atoms with Crippen LogP contribution in [0.2, 0.25) is 0 Å². The number of hydrogen-bond acceptors (Lipinski definition) is 2. The van der Waals surface area contributed by atoms with Crippen LogP contribution in [-0.4, -0.2) is 16.9 Å². The number of urea groups is 1. The van der Waals surface area contributed by atoms with E-state index in [0.717, 1.165) is 16.9 Å². The molecule has 0 aliphatic rings. The van der Waals surface area contributed by atoms with E-state index in [-0.39, 0.29) is 6.03 Å². The molecule has 126 valence electrons. The highest BCUT2D eigenvalue weighted by atomic mass is 16.2. The van der Waals surface area contributed by atoms with Crippen molar-refractivity contribution >= 4 is 28.9 Å². The Balaban J connectivity index is 1.62. The molecule has 2 aromatic carbocycles. The Morgan fingerprint density at radius 1 is 1.00 bits per heavy atom. The molecule has 1 heterocycles. The molecular formula is C19H19N5O. The summed E-state index contributed by atoms with van der Waals surface area (Å²) in [4.78, 5) is 19.4. The molecule has 6 heteroatoms. The number of H-pyrrole nitrogens is 1. The molecule has 0 unspecified atom stereocenters. The average Bonchev–Trinajstić information content (AvgIpc) is 3.11. The molecule has 0 atom stereocenters. The molecule has 0 saturated heterocycles. The lowest BCUT2D eigenvalue weighted by molar-refractivity contribution is 0.262. The number of benzene rings is 2. The third kappa shape index (κ3) is 4.48. The third-order valence-corrected chi connectivity index (χ3v) is 3.52. The van der Waals surface area contributed by atoms with Crippen molar-refractivity contribution in [3.63, 3.8) is 0 Å². The Morgan fingerprint density at radius 2 is 1.76 bits per heavy atom. The summed E-state index contributed by atoms with van der Waals surface area (Å²) in [7, 11) is 0. The predicted molar refractivity (Wildman–Crippen MR) is 101 cm³/mol. The highest BCUT2D eigenvalue weighted by molar-refractivity contribution is 6.00. The van der Waals surface area contributed by atoms with Crippen molar-refractivity contribution in [2.45, 2.75) is 6.92 Å². The minimum absolute atomic E-state index is 0.298. The molecule has 5 N–H and O–H groups in total. The summed E-state index contributed by atoms with van der Waals surface area (Å²) < 4.78 is 0. The minimum Gasteiger partial charge on any atom is -0.382 e. The number of aliphatic imine (C=N–C) groups is 1. The van der Waals surface area contributed by atoms with Crippen molar-refractivity contribution in [3.8, 4) is 0 Å². The van der Waals surface area contributed by atoms with E-state index in [0.29, 0.717) is 17.2 Å². The minimum atomic E-state index is -0.298. The summed E-state index contributed by atoms with van der Waals surface area (Å²) in [5.41, 5.74) is 9.90. The topological polar surface area (TPSA) is 95.3 Å². The van der Waals surface area contributed by atoms with Gasteiger partial charge >= 0.3 is 6.03 Å². The van der Waals surface area contributed by atoms with E-state index in [9.17, 15) is 4.79 Å². The maximum absolute atomic E-state index is 12.0. The fourth-order valence-corrected chi connectivity index (χ4v) is 2.32. The number of carbonyl (C=O) groups excluding carboxylic acids is 1. The van der Waals surface area contributed by atoms with Gasteiger partial charge in [-0.05, 0) is 61.0 Å². The lowest BCUT2D eigenvalue weighted by Crippen LogP contribution is -2.19. The van der Waals surface area contributed by atoms with E-state index in [1.165, 1.54) is 0 Å². The van der Waals surface area contributed by atoms with Crippen LogP contribution >= 0.6 is 0 Å². The summed E-state index contributed by atoms with van der Waals surface area (Å²) in [5, 5.41) is 5.58. The molecule has 0 aliphatic heterocycles. The van der Waals surface area contributed by atoms with Gasteiger partial charge in [-0.25, -0.2) is 9.79 Å². The Bertz CT molecular complexity index is 882. The molecule has 3 aromatic rings. The van der Waals surface area contributed by atoms with E-state index in [1.807, 2.05) is 43.3 Å². The monoisotopic (exact) mass is 333 g/mol. The first-order valence-electron chi connectivity index (χ1n) is 7.83. The molecule has 1 aromatic heterocycles. The van der Waals surface area contributed by atoms with E-state index in [1.54, 1.807) is 30.5 Å². The summed E-state index contributed by atoms with van der Waals surface area (Å²) >= 11 is 0. The van der Waals surface area contributed by atoms with Gasteiger partial charge in [-0.15, -0.1) is 0 Å². The molecule has 0 saturated carbocycles.